The minimum absolute atomic E-state index is 0.188. The van der Waals surface area contributed by atoms with Crippen LogP contribution in [0.3, 0.4) is 0 Å². The van der Waals surface area contributed by atoms with Crippen molar-refractivity contribution >= 4 is 57.7 Å². The summed E-state index contributed by atoms with van der Waals surface area (Å²) in [5.41, 5.74) is 16.3. The van der Waals surface area contributed by atoms with Crippen molar-refractivity contribution in [3.8, 4) is 0 Å². The quantitative estimate of drug-likeness (QED) is 0.127. The Kier molecular flexibility index (Phi) is 13.9. The Labute approximate surface area is 326 Å². The lowest BCUT2D eigenvalue weighted by Gasteiger charge is -2.32. The number of carbonyl (C=O) groups excluding carboxylic acids is 3. The monoisotopic (exact) mass is 773 g/mol. The number of hydrogen-bond donors (Lipinski definition) is 6. The number of H-pyrrole nitrogens is 1. The number of hydrogen-bond acceptors (Lipinski definition) is 9. The van der Waals surface area contributed by atoms with Crippen LogP contribution in [0.4, 0.5) is 5.69 Å². The minimum Gasteiger partial charge on any atom is -0.371 e. The van der Waals surface area contributed by atoms with Gasteiger partial charge < -0.3 is 42.2 Å². The molecule has 14 heteroatoms. The Morgan fingerprint density at radius 2 is 1.69 bits per heavy atom. The van der Waals surface area contributed by atoms with Gasteiger partial charge in [-0.2, -0.15) is 0 Å². The summed E-state index contributed by atoms with van der Waals surface area (Å²) in [6, 6.07) is 13.5. The zero-order valence-electron chi connectivity index (χ0n) is 30.9. The molecule has 0 bridgehead atoms. The van der Waals surface area contributed by atoms with E-state index >= 15 is 0 Å². The van der Waals surface area contributed by atoms with Gasteiger partial charge in [-0.1, -0.05) is 47.6 Å². The molecule has 3 amide bonds. The number of carbonyl (C=O) groups is 3. The van der Waals surface area contributed by atoms with E-state index in [9.17, 15) is 14.4 Å². The Bertz CT molecular complexity index is 1920. The van der Waals surface area contributed by atoms with Gasteiger partial charge in [-0.3, -0.25) is 14.4 Å². The topological polar surface area (TPSA) is 174 Å². The van der Waals surface area contributed by atoms with Crippen LogP contribution in [0.5, 0.6) is 0 Å². The number of anilines is 1. The standard InChI is InChI=1S/C40H52ClN9O3S/c1-49-35(21-27-24-45-32-12-3-2-11-30(27)32)38(52)47-25-28-20-29(50-18-6-7-19-50)22-31(41)36(28)54-39-26(10-9-17-44-39)23-46-33(14-8-16-43)37(51)48-34(40(49)53)13-4-5-15-42/h2-3,9-12,17,20,22,24,33-35,45-46H,4-8,13-16,18-19,21,23,25,42-43H2,1H3,(H,47,52)(H,48,51)/t33-,34-,35-/m0/s1. The molecule has 6 rings (SSSR count). The van der Waals surface area contributed by atoms with E-state index in [1.54, 1.807) is 13.2 Å². The zero-order chi connectivity index (χ0) is 38.0. The second-order valence-corrected chi connectivity index (χ2v) is 15.5. The first-order chi connectivity index (χ1) is 26.3. The normalized spacial score (nSPS) is 20.4. The van der Waals surface area contributed by atoms with Gasteiger partial charge in [0.05, 0.1) is 11.1 Å². The van der Waals surface area contributed by atoms with E-state index in [1.165, 1.54) is 16.7 Å². The molecule has 0 saturated carbocycles. The van der Waals surface area contributed by atoms with Crippen LogP contribution in [-0.4, -0.2) is 83.9 Å². The largest absolute Gasteiger partial charge is 0.371 e. The van der Waals surface area contributed by atoms with Crippen molar-refractivity contribution in [2.75, 3.05) is 38.1 Å². The van der Waals surface area contributed by atoms with E-state index in [-0.39, 0.29) is 30.7 Å². The van der Waals surface area contributed by atoms with Crippen LogP contribution in [0, 0.1) is 0 Å². The number of para-hydroxylation sites is 1. The van der Waals surface area contributed by atoms with Gasteiger partial charge in [-0.15, -0.1) is 0 Å². The van der Waals surface area contributed by atoms with E-state index in [0.29, 0.717) is 56.8 Å². The van der Waals surface area contributed by atoms with E-state index in [2.05, 4.69) is 31.9 Å². The molecule has 1 fully saturated rings. The fourth-order valence-corrected chi connectivity index (χ4v) is 8.65. The Morgan fingerprint density at radius 1 is 0.907 bits per heavy atom. The molecule has 12 nitrogen and oxygen atoms in total. The van der Waals surface area contributed by atoms with Crippen LogP contribution < -0.4 is 32.3 Å². The van der Waals surface area contributed by atoms with Crippen molar-refractivity contribution in [2.24, 2.45) is 11.5 Å². The lowest BCUT2D eigenvalue weighted by Crippen LogP contribution is -2.57. The van der Waals surface area contributed by atoms with Gasteiger partial charge in [0.25, 0.3) is 0 Å². The maximum Gasteiger partial charge on any atom is 0.245 e. The summed E-state index contributed by atoms with van der Waals surface area (Å²) in [5.74, 6) is -0.954. The molecule has 4 heterocycles. The van der Waals surface area contributed by atoms with E-state index in [4.69, 9.17) is 28.1 Å². The van der Waals surface area contributed by atoms with Gasteiger partial charge >= 0.3 is 0 Å². The molecule has 4 aromatic rings. The molecule has 2 aliphatic heterocycles. The fraction of sp³-hybridized carbons (Fsp3) is 0.450. The average molecular weight is 774 g/mol. The molecule has 1 saturated heterocycles. The van der Waals surface area contributed by atoms with Crippen molar-refractivity contribution < 1.29 is 14.4 Å². The van der Waals surface area contributed by atoms with E-state index in [0.717, 1.165) is 69.1 Å². The first-order valence-electron chi connectivity index (χ1n) is 19.0. The number of pyridine rings is 1. The summed E-state index contributed by atoms with van der Waals surface area (Å²) in [7, 11) is 1.65. The van der Waals surface area contributed by atoms with Crippen molar-refractivity contribution in [2.45, 2.75) is 92.5 Å². The van der Waals surface area contributed by atoms with Gasteiger partial charge in [0.1, 0.15) is 17.1 Å². The number of rotatable bonds is 10. The van der Waals surface area contributed by atoms with Crippen LogP contribution in [0.1, 0.15) is 61.6 Å². The van der Waals surface area contributed by atoms with Gasteiger partial charge in [-0.25, -0.2) is 4.98 Å². The molecule has 0 aliphatic carbocycles. The summed E-state index contributed by atoms with van der Waals surface area (Å²) in [6.07, 6.45) is 8.91. The summed E-state index contributed by atoms with van der Waals surface area (Å²) in [6.45, 7) is 3.30. The molecule has 0 radical (unpaired) electrons. The number of nitrogens with zero attached hydrogens (tertiary/aromatic N) is 3. The molecule has 2 aliphatic rings. The van der Waals surface area contributed by atoms with Crippen LogP contribution in [0.25, 0.3) is 10.9 Å². The third kappa shape index (κ3) is 9.56. The smallest absolute Gasteiger partial charge is 0.245 e. The number of aromatic nitrogens is 2. The second-order valence-electron chi connectivity index (χ2n) is 14.1. The summed E-state index contributed by atoms with van der Waals surface area (Å²) < 4.78 is 0. The number of nitrogens with two attached hydrogens (primary N) is 2. The number of benzene rings is 2. The van der Waals surface area contributed by atoms with Gasteiger partial charge in [0.2, 0.25) is 17.7 Å². The predicted octanol–water partition coefficient (Wildman–Crippen LogP) is 4.48. The third-order valence-corrected chi connectivity index (χ3v) is 12.1. The number of halogens is 1. The van der Waals surface area contributed by atoms with Crippen LogP contribution >= 0.6 is 23.4 Å². The minimum atomic E-state index is -0.886. The Morgan fingerprint density at radius 3 is 2.48 bits per heavy atom. The summed E-state index contributed by atoms with van der Waals surface area (Å²) in [5, 5.41) is 12.0. The van der Waals surface area contributed by atoms with Gasteiger partial charge in [0, 0.05) is 73.5 Å². The third-order valence-electron chi connectivity index (χ3n) is 10.4. The van der Waals surface area contributed by atoms with Gasteiger partial charge in [0.15, 0.2) is 0 Å². The molecule has 3 atom stereocenters. The molecule has 54 heavy (non-hydrogen) atoms. The molecule has 288 valence electrons. The first kappa shape index (κ1) is 39.6. The number of amides is 3. The van der Waals surface area contributed by atoms with Crippen LogP contribution in [-0.2, 0) is 33.9 Å². The molecule has 2 aromatic heterocycles. The second kappa shape index (κ2) is 18.9. The lowest BCUT2D eigenvalue weighted by molar-refractivity contribution is -0.142. The highest BCUT2D eigenvalue weighted by Gasteiger charge is 2.34. The molecular weight excluding hydrogens is 722 g/mol. The highest BCUT2D eigenvalue weighted by atomic mass is 35.5. The average Bonchev–Trinajstić information content (AvgIpc) is 3.87. The highest BCUT2D eigenvalue weighted by Crippen LogP contribution is 2.40. The molecule has 0 unspecified atom stereocenters. The van der Waals surface area contributed by atoms with Crippen LogP contribution in [0.2, 0.25) is 5.02 Å². The van der Waals surface area contributed by atoms with E-state index in [1.807, 2.05) is 48.7 Å². The summed E-state index contributed by atoms with van der Waals surface area (Å²) >= 11 is 8.55. The number of likely N-dealkylation sites (N-methyl/N-ethyl adjacent to an activating group) is 1. The molecule has 2 aromatic carbocycles. The molecule has 8 N–H and O–H groups in total. The number of unbranched alkanes of at least 4 members (excludes halogenated alkanes) is 1. The number of aromatic amines is 1. The van der Waals surface area contributed by atoms with Crippen LogP contribution in [0.15, 0.2) is 70.8 Å². The Balaban J connectivity index is 1.42. The predicted molar refractivity (Wildman–Crippen MR) is 215 cm³/mol. The first-order valence-corrected chi connectivity index (χ1v) is 20.2. The molecular formula is C40H52ClN9O3S. The zero-order valence-corrected chi connectivity index (χ0v) is 32.5. The maximum atomic E-state index is 14.5. The highest BCUT2D eigenvalue weighted by molar-refractivity contribution is 7.99. The number of nitrogens with one attached hydrogen (secondary N) is 4. The maximum absolute atomic E-state index is 14.5. The van der Waals surface area contributed by atoms with Crippen molar-refractivity contribution in [1.82, 2.24) is 30.8 Å². The SMILES string of the molecule is CN1C(=O)[C@H](CCCCN)NC(=O)[C@H](CCCN)NCc2cccnc2Sc2c(Cl)cc(N3CCCC3)cc2CNC(=O)[C@@H]1Cc1c[nH]c2ccccc12. The fourth-order valence-electron chi connectivity index (χ4n) is 7.30. The Hall–Kier alpha value is -4.14. The van der Waals surface area contributed by atoms with Gasteiger partial charge in [-0.05, 0) is 99.0 Å². The summed E-state index contributed by atoms with van der Waals surface area (Å²) in [4.78, 5) is 55.7. The van der Waals surface area contributed by atoms with Crippen molar-refractivity contribution in [3.63, 3.8) is 0 Å². The van der Waals surface area contributed by atoms with Crippen molar-refractivity contribution in [3.05, 3.63) is 82.6 Å². The molecule has 0 spiro atoms. The van der Waals surface area contributed by atoms with Crippen molar-refractivity contribution in [1.29, 1.82) is 0 Å². The number of fused-ring (bicyclic) bond motifs is 3. The lowest BCUT2D eigenvalue weighted by atomic mass is 10.0. The van der Waals surface area contributed by atoms with E-state index < -0.39 is 18.1 Å².